The molecule has 0 N–H and O–H groups in total. The van der Waals surface area contributed by atoms with Crippen molar-refractivity contribution in [3.05, 3.63) is 11.1 Å². The van der Waals surface area contributed by atoms with Crippen LogP contribution < -0.4 is 0 Å². The minimum atomic E-state index is -0.753. The van der Waals surface area contributed by atoms with Crippen molar-refractivity contribution in [1.29, 1.82) is 0 Å². The van der Waals surface area contributed by atoms with Crippen LogP contribution in [0.2, 0.25) is 0 Å². The number of esters is 2. The van der Waals surface area contributed by atoms with Gasteiger partial charge in [-0.2, -0.15) is 0 Å². The molecule has 0 aromatic heterocycles. The molecule has 2 unspecified atom stereocenters. The predicted octanol–water partition coefficient (Wildman–Crippen LogP) is 1.83. The number of likely N-dealkylation sites (tertiary alicyclic amines) is 1. The number of hydrogen-bond donors (Lipinski definition) is 0. The van der Waals surface area contributed by atoms with Gasteiger partial charge in [0.15, 0.2) is 5.57 Å². The van der Waals surface area contributed by atoms with E-state index in [4.69, 9.17) is 9.47 Å². The van der Waals surface area contributed by atoms with Gasteiger partial charge in [-0.15, -0.1) is 0 Å². The third-order valence-electron chi connectivity index (χ3n) is 4.56. The van der Waals surface area contributed by atoms with Crippen molar-refractivity contribution < 1.29 is 23.9 Å². The lowest BCUT2D eigenvalue weighted by Crippen LogP contribution is -2.36. The quantitative estimate of drug-likeness (QED) is 0.334. The fourth-order valence-corrected chi connectivity index (χ4v) is 3.67. The number of carbonyl (C=O) groups excluding carboxylic acids is 3. The molecule has 1 saturated heterocycles. The molecule has 1 heterocycles. The maximum absolute atomic E-state index is 12.8. The van der Waals surface area contributed by atoms with E-state index in [1.807, 2.05) is 6.92 Å². The van der Waals surface area contributed by atoms with Crippen molar-refractivity contribution in [2.45, 2.75) is 52.5 Å². The number of nitrogens with zero attached hydrogens (tertiary/aromatic N) is 1. The molecule has 2 atom stereocenters. The molecule has 0 radical (unpaired) electrons. The largest absolute Gasteiger partial charge is 0.462 e. The molecule has 2 aliphatic rings. The van der Waals surface area contributed by atoms with Gasteiger partial charge in [0.1, 0.15) is 0 Å². The van der Waals surface area contributed by atoms with Gasteiger partial charge < -0.3 is 14.4 Å². The molecule has 1 saturated carbocycles. The van der Waals surface area contributed by atoms with Crippen LogP contribution in [0.5, 0.6) is 0 Å². The molecule has 0 spiro atoms. The van der Waals surface area contributed by atoms with Gasteiger partial charge in [0.05, 0.1) is 13.2 Å². The number of hydrogen-bond acceptors (Lipinski definition) is 5. The molecule has 2 rings (SSSR count). The van der Waals surface area contributed by atoms with E-state index < -0.39 is 11.9 Å². The predicted molar refractivity (Wildman–Crippen MR) is 83.4 cm³/mol. The van der Waals surface area contributed by atoms with Gasteiger partial charge in [0.2, 0.25) is 0 Å². The van der Waals surface area contributed by atoms with Crippen LogP contribution in [-0.2, 0) is 23.9 Å². The number of carbonyl (C=O) groups is 3. The smallest absolute Gasteiger partial charge is 0.346 e. The number of amides is 1. The van der Waals surface area contributed by atoms with Gasteiger partial charge >= 0.3 is 11.9 Å². The molecule has 6 heteroatoms. The molecule has 128 valence electrons. The fraction of sp³-hybridized carbons (Fsp3) is 0.706. The zero-order chi connectivity index (χ0) is 17.0. The molecule has 1 aliphatic heterocycles. The van der Waals surface area contributed by atoms with Crippen molar-refractivity contribution in [3.63, 3.8) is 0 Å². The van der Waals surface area contributed by atoms with E-state index in [2.05, 4.69) is 0 Å². The molecule has 0 bridgehead atoms. The van der Waals surface area contributed by atoms with Crippen LogP contribution in [0.1, 0.15) is 46.5 Å². The van der Waals surface area contributed by atoms with E-state index in [0.717, 1.165) is 25.7 Å². The zero-order valence-corrected chi connectivity index (χ0v) is 14.1. The van der Waals surface area contributed by atoms with Gasteiger partial charge in [-0.1, -0.05) is 12.8 Å². The van der Waals surface area contributed by atoms with E-state index in [1.54, 1.807) is 18.7 Å². The van der Waals surface area contributed by atoms with Gasteiger partial charge in [-0.3, -0.25) is 4.79 Å². The Balaban J connectivity index is 2.51. The Bertz CT molecular complexity index is 505. The monoisotopic (exact) mass is 323 g/mol. The van der Waals surface area contributed by atoms with Crippen molar-refractivity contribution in [1.82, 2.24) is 4.90 Å². The zero-order valence-electron chi connectivity index (χ0n) is 14.1. The Hall–Kier alpha value is -1.85. The first kappa shape index (κ1) is 17.5. The lowest BCUT2D eigenvalue weighted by molar-refractivity contribution is -0.147. The van der Waals surface area contributed by atoms with Gasteiger partial charge in [0.25, 0.3) is 5.91 Å². The summed E-state index contributed by atoms with van der Waals surface area (Å²) in [5, 5.41) is 0. The van der Waals surface area contributed by atoms with E-state index in [1.165, 1.54) is 0 Å². The molecule has 2 fully saturated rings. The van der Waals surface area contributed by atoms with Gasteiger partial charge in [-0.05, 0) is 33.6 Å². The third-order valence-corrected chi connectivity index (χ3v) is 4.56. The molecule has 0 aromatic rings. The number of likely N-dealkylation sites (N-methyl/N-ethyl adjacent to an activating group) is 1. The Labute approximate surface area is 136 Å². The summed E-state index contributed by atoms with van der Waals surface area (Å²) in [5.74, 6) is -1.81. The third kappa shape index (κ3) is 3.26. The van der Waals surface area contributed by atoms with Crippen LogP contribution in [0.25, 0.3) is 0 Å². The first-order valence-corrected chi connectivity index (χ1v) is 8.46. The Morgan fingerprint density at radius 2 is 1.61 bits per heavy atom. The highest BCUT2D eigenvalue weighted by Gasteiger charge is 2.48. The van der Waals surface area contributed by atoms with Crippen molar-refractivity contribution >= 4 is 17.8 Å². The van der Waals surface area contributed by atoms with Crippen molar-refractivity contribution in [2.24, 2.45) is 5.92 Å². The highest BCUT2D eigenvalue weighted by Crippen LogP contribution is 2.42. The summed E-state index contributed by atoms with van der Waals surface area (Å²) in [7, 11) is 0. The summed E-state index contributed by atoms with van der Waals surface area (Å²) < 4.78 is 10.0. The molecular formula is C17H25NO5. The van der Waals surface area contributed by atoms with E-state index in [0.29, 0.717) is 12.1 Å². The van der Waals surface area contributed by atoms with E-state index in [-0.39, 0.29) is 36.7 Å². The highest BCUT2D eigenvalue weighted by molar-refractivity contribution is 6.20. The van der Waals surface area contributed by atoms with Crippen LogP contribution in [-0.4, -0.2) is 48.5 Å². The normalized spacial score (nSPS) is 23.5. The summed E-state index contributed by atoms with van der Waals surface area (Å²) >= 11 is 0. The maximum Gasteiger partial charge on any atom is 0.346 e. The van der Waals surface area contributed by atoms with E-state index >= 15 is 0 Å². The minimum Gasteiger partial charge on any atom is -0.462 e. The Morgan fingerprint density at radius 3 is 2.13 bits per heavy atom. The molecule has 0 aromatic carbocycles. The average molecular weight is 323 g/mol. The molecular weight excluding hydrogens is 298 g/mol. The second-order valence-electron chi connectivity index (χ2n) is 5.78. The topological polar surface area (TPSA) is 72.9 Å². The Morgan fingerprint density at radius 1 is 1.04 bits per heavy atom. The van der Waals surface area contributed by atoms with Crippen molar-refractivity contribution in [3.8, 4) is 0 Å². The van der Waals surface area contributed by atoms with Crippen LogP contribution in [0.4, 0.5) is 0 Å². The number of fused-ring (bicyclic) bond motifs is 1. The average Bonchev–Trinajstić information content (AvgIpc) is 2.80. The first-order chi connectivity index (χ1) is 11.1. The maximum atomic E-state index is 12.8. The molecule has 1 aliphatic carbocycles. The van der Waals surface area contributed by atoms with E-state index in [9.17, 15) is 14.4 Å². The minimum absolute atomic E-state index is 0.0788. The number of ether oxygens (including phenoxy) is 2. The lowest BCUT2D eigenvalue weighted by atomic mass is 9.81. The van der Waals surface area contributed by atoms with Crippen LogP contribution in [0, 0.1) is 5.92 Å². The highest BCUT2D eigenvalue weighted by atomic mass is 16.6. The number of rotatable bonds is 5. The molecule has 1 amide bonds. The lowest BCUT2D eigenvalue weighted by Gasteiger charge is -2.30. The van der Waals surface area contributed by atoms with Gasteiger partial charge in [0, 0.05) is 24.1 Å². The summed E-state index contributed by atoms with van der Waals surface area (Å²) in [5.41, 5.74) is 0.0972. The van der Waals surface area contributed by atoms with Crippen LogP contribution >= 0.6 is 0 Å². The second-order valence-corrected chi connectivity index (χ2v) is 5.78. The van der Waals surface area contributed by atoms with Crippen molar-refractivity contribution in [2.75, 3.05) is 19.8 Å². The van der Waals surface area contributed by atoms with Gasteiger partial charge in [-0.25, -0.2) is 9.59 Å². The molecule has 6 nitrogen and oxygen atoms in total. The van der Waals surface area contributed by atoms with Crippen LogP contribution in [0.3, 0.4) is 0 Å². The summed E-state index contributed by atoms with van der Waals surface area (Å²) in [6.45, 7) is 6.13. The standard InChI is InChI=1S/C17H25NO5/c1-4-18-12-10-8-7-9-11(12)13(15(18)19)14(16(20)22-5-2)17(21)23-6-3/h11-12H,4-10H2,1-3H3. The second kappa shape index (κ2) is 7.62. The Kier molecular flexibility index (Phi) is 5.80. The summed E-state index contributed by atoms with van der Waals surface area (Å²) in [6.07, 6.45) is 3.78. The summed E-state index contributed by atoms with van der Waals surface area (Å²) in [6, 6.07) is 0.0788. The SMILES string of the molecule is CCOC(=O)C(C(=O)OCC)=C1C(=O)N(CC)C2CCCCC12. The first-order valence-electron chi connectivity index (χ1n) is 8.46. The molecule has 23 heavy (non-hydrogen) atoms. The van der Waals surface area contributed by atoms with Crippen LogP contribution in [0.15, 0.2) is 11.1 Å². The fourth-order valence-electron chi connectivity index (χ4n) is 3.67. The summed E-state index contributed by atoms with van der Waals surface area (Å²) in [4.78, 5) is 39.2.